The van der Waals surface area contributed by atoms with Gasteiger partial charge in [0.2, 0.25) is 17.7 Å². The highest BCUT2D eigenvalue weighted by Gasteiger charge is 2.33. The number of likely N-dealkylation sites (tertiary alicyclic amines) is 1. The van der Waals surface area contributed by atoms with Crippen molar-refractivity contribution in [2.24, 2.45) is 0 Å². The minimum Gasteiger partial charge on any atom is -0.497 e. The van der Waals surface area contributed by atoms with Gasteiger partial charge in [0, 0.05) is 18.3 Å². The zero-order chi connectivity index (χ0) is 22.8. The van der Waals surface area contributed by atoms with E-state index in [0.29, 0.717) is 35.2 Å². The number of carbonyl (C=O) groups excluding carboxylic acids is 2. The van der Waals surface area contributed by atoms with Crippen molar-refractivity contribution >= 4 is 28.8 Å². The Morgan fingerprint density at radius 2 is 1.97 bits per heavy atom. The molecular formula is C23H22N4O5S. The van der Waals surface area contributed by atoms with Crippen LogP contribution in [0.5, 0.6) is 17.2 Å². The van der Waals surface area contributed by atoms with Gasteiger partial charge in [-0.05, 0) is 42.7 Å². The molecule has 2 aliphatic heterocycles. The summed E-state index contributed by atoms with van der Waals surface area (Å²) in [6.45, 7) is 0.833. The molecule has 2 amide bonds. The molecule has 1 atom stereocenters. The van der Waals surface area contributed by atoms with Gasteiger partial charge in [-0.2, -0.15) is 0 Å². The molecular weight excluding hydrogens is 444 g/mol. The van der Waals surface area contributed by atoms with Gasteiger partial charge in [0.25, 0.3) is 5.91 Å². The largest absolute Gasteiger partial charge is 0.497 e. The van der Waals surface area contributed by atoms with Gasteiger partial charge in [-0.1, -0.05) is 23.5 Å². The predicted octanol–water partition coefficient (Wildman–Crippen LogP) is 3.43. The third-order valence-corrected chi connectivity index (χ3v) is 6.66. The molecule has 10 heteroatoms. The van der Waals surface area contributed by atoms with Crippen LogP contribution in [-0.4, -0.2) is 47.4 Å². The van der Waals surface area contributed by atoms with E-state index in [1.165, 1.54) is 11.3 Å². The Hall–Kier alpha value is -3.66. The van der Waals surface area contributed by atoms with Crippen molar-refractivity contribution in [3.63, 3.8) is 0 Å². The third kappa shape index (κ3) is 4.47. The number of anilines is 1. The molecule has 3 heterocycles. The Balaban J connectivity index is 1.25. The Morgan fingerprint density at radius 3 is 2.79 bits per heavy atom. The summed E-state index contributed by atoms with van der Waals surface area (Å²) in [5.41, 5.74) is 1.51. The van der Waals surface area contributed by atoms with E-state index in [1.54, 1.807) is 25.3 Å². The minimum atomic E-state index is -0.355. The molecule has 170 valence electrons. The van der Waals surface area contributed by atoms with Crippen LogP contribution in [0.25, 0.3) is 0 Å². The first-order valence-corrected chi connectivity index (χ1v) is 11.4. The summed E-state index contributed by atoms with van der Waals surface area (Å²) < 4.78 is 15.8. The Bertz CT molecular complexity index is 1180. The van der Waals surface area contributed by atoms with E-state index in [0.717, 1.165) is 24.2 Å². The predicted molar refractivity (Wildman–Crippen MR) is 121 cm³/mol. The lowest BCUT2D eigenvalue weighted by atomic mass is 10.1. The summed E-state index contributed by atoms with van der Waals surface area (Å²) in [6, 6.07) is 12.5. The maximum Gasteiger partial charge on any atom is 0.286 e. The lowest BCUT2D eigenvalue weighted by Crippen LogP contribution is -2.31. The number of hydrogen-bond donors (Lipinski definition) is 1. The van der Waals surface area contributed by atoms with Crippen LogP contribution >= 0.6 is 11.3 Å². The molecule has 1 saturated heterocycles. The van der Waals surface area contributed by atoms with Crippen LogP contribution < -0.4 is 19.5 Å². The fourth-order valence-corrected chi connectivity index (χ4v) is 4.85. The summed E-state index contributed by atoms with van der Waals surface area (Å²) in [5.74, 6) is 1.66. The summed E-state index contributed by atoms with van der Waals surface area (Å²) >= 11 is 1.21. The van der Waals surface area contributed by atoms with Crippen LogP contribution in [0, 0.1) is 0 Å². The summed E-state index contributed by atoms with van der Waals surface area (Å²) in [7, 11) is 1.61. The molecule has 0 aliphatic carbocycles. The van der Waals surface area contributed by atoms with Crippen molar-refractivity contribution < 1.29 is 23.8 Å². The quantitative estimate of drug-likeness (QED) is 0.594. The monoisotopic (exact) mass is 466 g/mol. The maximum atomic E-state index is 13.0. The van der Waals surface area contributed by atoms with Gasteiger partial charge in [0.1, 0.15) is 10.8 Å². The number of nitrogens with one attached hydrogen (secondary N) is 1. The Morgan fingerprint density at radius 1 is 1.15 bits per heavy atom. The van der Waals surface area contributed by atoms with Gasteiger partial charge in [-0.3, -0.25) is 9.59 Å². The SMILES string of the molecule is COc1ccc(CC(=O)N2CCC[C@@H]2c2nnc(C(=O)Nc3ccc4c(c3)OCO4)s2)cc1. The van der Waals surface area contributed by atoms with E-state index in [9.17, 15) is 9.59 Å². The third-order valence-electron chi connectivity index (χ3n) is 5.64. The Labute approximate surface area is 194 Å². The van der Waals surface area contributed by atoms with E-state index < -0.39 is 0 Å². The number of nitrogens with zero attached hydrogens (tertiary/aromatic N) is 3. The van der Waals surface area contributed by atoms with Gasteiger partial charge >= 0.3 is 0 Å². The standard InChI is InChI=1S/C23H22N4O5S/c1-30-16-7-4-14(5-8-16)11-20(28)27-10-2-3-17(27)22-25-26-23(33-22)21(29)24-15-6-9-18-19(12-15)32-13-31-18/h4-9,12,17H,2-3,10-11,13H2,1H3,(H,24,29)/t17-/m1/s1. The van der Waals surface area contributed by atoms with E-state index in [2.05, 4.69) is 15.5 Å². The molecule has 1 fully saturated rings. The molecule has 2 aromatic carbocycles. The van der Waals surface area contributed by atoms with Gasteiger partial charge in [-0.25, -0.2) is 0 Å². The van der Waals surface area contributed by atoms with Gasteiger partial charge in [-0.15, -0.1) is 10.2 Å². The molecule has 9 nitrogen and oxygen atoms in total. The fraction of sp³-hybridized carbons (Fsp3) is 0.304. The number of ether oxygens (including phenoxy) is 3. The lowest BCUT2D eigenvalue weighted by Gasteiger charge is -2.22. The molecule has 33 heavy (non-hydrogen) atoms. The van der Waals surface area contributed by atoms with Crippen molar-refractivity contribution in [1.82, 2.24) is 15.1 Å². The number of hydrogen-bond acceptors (Lipinski definition) is 8. The first-order chi connectivity index (χ1) is 16.1. The summed E-state index contributed by atoms with van der Waals surface area (Å²) in [4.78, 5) is 27.5. The van der Waals surface area contributed by atoms with Crippen molar-refractivity contribution in [2.75, 3.05) is 25.8 Å². The number of rotatable bonds is 6. The van der Waals surface area contributed by atoms with Crippen molar-refractivity contribution in [3.05, 3.63) is 58.0 Å². The molecule has 1 N–H and O–H groups in total. The van der Waals surface area contributed by atoms with E-state index in [-0.39, 0.29) is 29.7 Å². The molecule has 0 bridgehead atoms. The highest BCUT2D eigenvalue weighted by atomic mass is 32.1. The zero-order valence-corrected chi connectivity index (χ0v) is 18.8. The lowest BCUT2D eigenvalue weighted by molar-refractivity contribution is -0.131. The van der Waals surface area contributed by atoms with E-state index in [1.807, 2.05) is 29.2 Å². The Kier molecular flexibility index (Phi) is 5.82. The van der Waals surface area contributed by atoms with Crippen LogP contribution in [0.2, 0.25) is 0 Å². The van der Waals surface area contributed by atoms with Gasteiger partial charge < -0.3 is 24.4 Å². The topological polar surface area (TPSA) is 103 Å². The second kappa shape index (κ2) is 9.07. The minimum absolute atomic E-state index is 0.0317. The first-order valence-electron chi connectivity index (χ1n) is 10.6. The molecule has 0 unspecified atom stereocenters. The molecule has 0 saturated carbocycles. The molecule has 3 aromatic rings. The smallest absolute Gasteiger partial charge is 0.286 e. The van der Waals surface area contributed by atoms with Crippen LogP contribution in [0.4, 0.5) is 5.69 Å². The summed E-state index contributed by atoms with van der Waals surface area (Å²) in [6.07, 6.45) is 1.99. The second-order valence-corrected chi connectivity index (χ2v) is 8.75. The average molecular weight is 467 g/mol. The van der Waals surface area contributed by atoms with Gasteiger partial charge in [0.15, 0.2) is 11.5 Å². The molecule has 0 spiro atoms. The molecule has 1 aromatic heterocycles. The average Bonchev–Trinajstić information content (AvgIpc) is 3.59. The number of methoxy groups -OCH3 is 1. The molecule has 0 radical (unpaired) electrons. The number of aromatic nitrogens is 2. The zero-order valence-electron chi connectivity index (χ0n) is 17.9. The second-order valence-electron chi connectivity index (χ2n) is 7.74. The van der Waals surface area contributed by atoms with E-state index in [4.69, 9.17) is 14.2 Å². The van der Waals surface area contributed by atoms with Crippen molar-refractivity contribution in [1.29, 1.82) is 0 Å². The highest BCUT2D eigenvalue weighted by Crippen LogP contribution is 2.36. The highest BCUT2D eigenvalue weighted by molar-refractivity contribution is 7.13. The maximum absolute atomic E-state index is 13.0. The molecule has 2 aliphatic rings. The molecule has 5 rings (SSSR count). The fourth-order valence-electron chi connectivity index (χ4n) is 3.96. The van der Waals surface area contributed by atoms with E-state index >= 15 is 0 Å². The van der Waals surface area contributed by atoms with Crippen molar-refractivity contribution in [3.8, 4) is 17.2 Å². The van der Waals surface area contributed by atoms with Crippen LogP contribution in [0.1, 0.15) is 39.3 Å². The normalized spacial score (nSPS) is 16.6. The van der Waals surface area contributed by atoms with Crippen molar-refractivity contribution in [2.45, 2.75) is 25.3 Å². The number of amides is 2. The van der Waals surface area contributed by atoms with Gasteiger partial charge in [0.05, 0.1) is 19.6 Å². The van der Waals surface area contributed by atoms with Crippen LogP contribution in [0.3, 0.4) is 0 Å². The first kappa shape index (κ1) is 21.2. The number of fused-ring (bicyclic) bond motifs is 1. The number of benzene rings is 2. The van der Waals surface area contributed by atoms with Crippen LogP contribution in [-0.2, 0) is 11.2 Å². The summed E-state index contributed by atoms with van der Waals surface area (Å²) in [5, 5.41) is 12.0. The van der Waals surface area contributed by atoms with Crippen LogP contribution in [0.15, 0.2) is 42.5 Å². The number of carbonyl (C=O) groups is 2.